The molecule has 3 heterocycles. The topological polar surface area (TPSA) is 135 Å². The molecule has 0 saturated carbocycles. The summed E-state index contributed by atoms with van der Waals surface area (Å²) in [5.41, 5.74) is 1.99. The fraction of sp³-hybridized carbons (Fsp3) is 0.565. The summed E-state index contributed by atoms with van der Waals surface area (Å²) >= 11 is 2.61. The molecule has 1 fully saturated rings. The van der Waals surface area contributed by atoms with Crippen molar-refractivity contribution in [2.24, 2.45) is 17.3 Å². The minimum atomic E-state index is -0.963. The standard InChI is InChI=1S/C23H30N2O8S2/c1-12-17-16(13(2)27)20(28)25(17)18(19(12)34-7-6-15-14(8-26)24-10-35-15)21(29)32-11-33-22(30)31-9-23(3,4)5/h6-7,10,12-13,16-17,26-27H,8-9,11H2,1-5H3/b7-6-/t12-,13-,16-,17-/m1/s1. The number of thioether (sulfide) groups is 1. The molecule has 3 rings (SSSR count). The summed E-state index contributed by atoms with van der Waals surface area (Å²) in [5.74, 6) is -2.04. The number of aromatic nitrogens is 1. The summed E-state index contributed by atoms with van der Waals surface area (Å²) in [7, 11) is 0. The Balaban J connectivity index is 1.73. The van der Waals surface area contributed by atoms with Crippen LogP contribution in [0.15, 0.2) is 21.5 Å². The molecular formula is C23H30N2O8S2. The van der Waals surface area contributed by atoms with Crippen LogP contribution in [0.3, 0.4) is 0 Å². The van der Waals surface area contributed by atoms with Gasteiger partial charge in [-0.2, -0.15) is 0 Å². The molecule has 0 bridgehead atoms. The highest BCUT2D eigenvalue weighted by Crippen LogP contribution is 2.51. The Kier molecular flexibility index (Phi) is 8.63. The van der Waals surface area contributed by atoms with E-state index in [4.69, 9.17) is 14.2 Å². The first-order chi connectivity index (χ1) is 16.5. The van der Waals surface area contributed by atoms with Gasteiger partial charge < -0.3 is 29.3 Å². The molecule has 0 unspecified atom stereocenters. The molecule has 2 aliphatic rings. The third-order valence-corrected chi connectivity index (χ3v) is 7.46. The lowest BCUT2D eigenvalue weighted by Crippen LogP contribution is -2.63. The third-order valence-electron chi connectivity index (χ3n) is 5.53. The SMILES string of the molecule is C[C@@H](O)[C@H]1C(=O)N2C(C(=O)OCOC(=O)OCC(C)(C)C)=C(S/C=C\c3scnc3CO)[C@H](C)[C@H]12. The smallest absolute Gasteiger partial charge is 0.434 e. The van der Waals surface area contributed by atoms with Gasteiger partial charge in [0.15, 0.2) is 0 Å². The van der Waals surface area contributed by atoms with E-state index in [1.807, 2.05) is 27.7 Å². The first kappa shape index (κ1) is 27.2. The van der Waals surface area contributed by atoms with E-state index in [1.165, 1.54) is 28.0 Å². The maximum absolute atomic E-state index is 13.0. The number of hydrogen-bond acceptors (Lipinski definition) is 11. The van der Waals surface area contributed by atoms with Gasteiger partial charge in [-0.3, -0.25) is 4.79 Å². The molecular weight excluding hydrogens is 496 g/mol. The summed E-state index contributed by atoms with van der Waals surface area (Å²) in [5, 5.41) is 21.2. The molecule has 1 aromatic rings. The molecule has 1 saturated heterocycles. The van der Waals surface area contributed by atoms with Crippen LogP contribution >= 0.6 is 23.1 Å². The van der Waals surface area contributed by atoms with Gasteiger partial charge in [-0.25, -0.2) is 14.6 Å². The van der Waals surface area contributed by atoms with E-state index in [0.717, 1.165) is 4.88 Å². The van der Waals surface area contributed by atoms with Crippen LogP contribution in [0.4, 0.5) is 4.79 Å². The zero-order chi connectivity index (χ0) is 25.9. The Morgan fingerprint density at radius 3 is 2.66 bits per heavy atom. The fourth-order valence-corrected chi connectivity index (χ4v) is 5.67. The summed E-state index contributed by atoms with van der Waals surface area (Å²) in [6, 6.07) is -0.380. The first-order valence-electron chi connectivity index (χ1n) is 11.0. The van der Waals surface area contributed by atoms with Crippen LogP contribution in [-0.4, -0.2) is 63.7 Å². The number of nitrogens with zero attached hydrogens (tertiary/aromatic N) is 2. The highest BCUT2D eigenvalue weighted by molar-refractivity contribution is 8.06. The third kappa shape index (κ3) is 6.05. The Hall–Kier alpha value is -2.41. The monoisotopic (exact) mass is 526 g/mol. The number of carbonyl (C=O) groups is 3. The number of thiazole rings is 1. The van der Waals surface area contributed by atoms with Gasteiger partial charge in [0.1, 0.15) is 5.70 Å². The number of β-lactam (4-membered cyclic amide) rings is 1. The summed E-state index contributed by atoms with van der Waals surface area (Å²) < 4.78 is 14.9. The molecule has 4 atom stereocenters. The van der Waals surface area contributed by atoms with Crippen molar-refractivity contribution in [3.63, 3.8) is 0 Å². The predicted molar refractivity (Wildman–Crippen MR) is 130 cm³/mol. The lowest BCUT2D eigenvalue weighted by Gasteiger charge is -2.46. The number of esters is 1. The van der Waals surface area contributed by atoms with Crippen LogP contribution in [0.1, 0.15) is 45.2 Å². The van der Waals surface area contributed by atoms with E-state index < -0.39 is 30.9 Å². The lowest BCUT2D eigenvalue weighted by molar-refractivity contribution is -0.166. The van der Waals surface area contributed by atoms with Gasteiger partial charge in [-0.15, -0.1) is 11.3 Å². The van der Waals surface area contributed by atoms with Gasteiger partial charge in [-0.05, 0) is 23.8 Å². The van der Waals surface area contributed by atoms with Crippen LogP contribution in [0.5, 0.6) is 0 Å². The van der Waals surface area contributed by atoms with Gasteiger partial charge in [0, 0.05) is 10.8 Å². The molecule has 10 nitrogen and oxygen atoms in total. The fourth-order valence-electron chi connectivity index (χ4n) is 3.89. The van der Waals surface area contributed by atoms with Crippen molar-refractivity contribution in [3.8, 4) is 0 Å². The van der Waals surface area contributed by atoms with Crippen LogP contribution in [-0.2, 0) is 30.4 Å². The van der Waals surface area contributed by atoms with E-state index in [-0.39, 0.29) is 42.2 Å². The number of hydrogen-bond donors (Lipinski definition) is 2. The van der Waals surface area contributed by atoms with Gasteiger partial charge in [0.05, 0.1) is 47.4 Å². The highest BCUT2D eigenvalue weighted by Gasteiger charge is 2.60. The minimum Gasteiger partial charge on any atom is -0.434 e. The quantitative estimate of drug-likeness (QED) is 0.281. The van der Waals surface area contributed by atoms with E-state index in [1.54, 1.807) is 23.9 Å². The molecule has 2 aliphatic heterocycles. The Morgan fingerprint density at radius 2 is 2.03 bits per heavy atom. The number of ether oxygens (including phenoxy) is 3. The average molecular weight is 527 g/mol. The molecule has 1 aromatic heterocycles. The second-order valence-corrected chi connectivity index (χ2v) is 11.3. The van der Waals surface area contributed by atoms with Crippen LogP contribution in [0.25, 0.3) is 6.08 Å². The average Bonchev–Trinajstić information content (AvgIpc) is 3.32. The number of fused-ring (bicyclic) bond motifs is 1. The molecule has 0 spiro atoms. The van der Waals surface area contributed by atoms with Gasteiger partial charge in [0.25, 0.3) is 0 Å². The largest absolute Gasteiger partial charge is 0.511 e. The number of carbonyl (C=O) groups excluding carboxylic acids is 3. The zero-order valence-corrected chi connectivity index (χ0v) is 21.9. The van der Waals surface area contributed by atoms with Crippen molar-refractivity contribution in [2.75, 3.05) is 13.4 Å². The molecule has 0 aliphatic carbocycles. The predicted octanol–water partition coefficient (Wildman–Crippen LogP) is 3.11. The number of rotatable bonds is 9. The minimum absolute atomic E-state index is 0.0670. The molecule has 2 N–H and O–H groups in total. The van der Waals surface area contributed by atoms with Crippen molar-refractivity contribution < 1.29 is 38.8 Å². The van der Waals surface area contributed by atoms with Crippen molar-refractivity contribution >= 4 is 47.2 Å². The summed E-state index contributed by atoms with van der Waals surface area (Å²) in [4.78, 5) is 44.3. The Morgan fingerprint density at radius 1 is 1.31 bits per heavy atom. The van der Waals surface area contributed by atoms with Crippen LogP contribution < -0.4 is 0 Å². The number of aliphatic hydroxyl groups excluding tert-OH is 2. The second-order valence-electron chi connectivity index (χ2n) is 9.50. The van der Waals surface area contributed by atoms with E-state index >= 15 is 0 Å². The van der Waals surface area contributed by atoms with Gasteiger partial charge in [0.2, 0.25) is 12.7 Å². The molecule has 1 amide bonds. The first-order valence-corrected chi connectivity index (χ1v) is 12.8. The summed E-state index contributed by atoms with van der Waals surface area (Å²) in [6.07, 6.45) is -0.0574. The zero-order valence-electron chi connectivity index (χ0n) is 20.2. The molecule has 0 aromatic carbocycles. The summed E-state index contributed by atoms with van der Waals surface area (Å²) in [6.45, 7) is 8.38. The van der Waals surface area contributed by atoms with Crippen molar-refractivity contribution in [2.45, 2.75) is 53.4 Å². The molecule has 35 heavy (non-hydrogen) atoms. The molecule has 192 valence electrons. The van der Waals surface area contributed by atoms with Crippen molar-refractivity contribution in [1.29, 1.82) is 0 Å². The van der Waals surface area contributed by atoms with E-state index in [9.17, 15) is 24.6 Å². The molecule has 12 heteroatoms. The molecule has 0 radical (unpaired) electrons. The lowest BCUT2D eigenvalue weighted by atomic mass is 9.79. The van der Waals surface area contributed by atoms with E-state index in [0.29, 0.717) is 10.6 Å². The maximum atomic E-state index is 13.0. The Labute approximate surface area is 211 Å². The van der Waals surface area contributed by atoms with Crippen molar-refractivity contribution in [1.82, 2.24) is 9.88 Å². The Bertz CT molecular complexity index is 1030. The number of aliphatic hydroxyl groups is 2. The van der Waals surface area contributed by atoms with Crippen LogP contribution in [0, 0.1) is 17.3 Å². The van der Waals surface area contributed by atoms with Gasteiger partial charge in [-0.1, -0.05) is 39.5 Å². The van der Waals surface area contributed by atoms with Gasteiger partial charge >= 0.3 is 12.1 Å². The maximum Gasteiger partial charge on any atom is 0.511 e. The van der Waals surface area contributed by atoms with Crippen molar-refractivity contribution in [3.05, 3.63) is 32.1 Å². The van der Waals surface area contributed by atoms with Crippen LogP contribution in [0.2, 0.25) is 0 Å². The normalized spacial score (nSPS) is 22.8. The highest BCUT2D eigenvalue weighted by atomic mass is 32.2. The second kappa shape index (κ2) is 11.1. The number of amides is 1. The van der Waals surface area contributed by atoms with E-state index in [2.05, 4.69) is 4.98 Å².